The number of hydrogen-bond acceptors (Lipinski definition) is 7. The lowest BCUT2D eigenvalue weighted by atomic mass is 9.98. The zero-order valence-corrected chi connectivity index (χ0v) is 18.8. The van der Waals surface area contributed by atoms with Crippen LogP contribution in [0.5, 0.6) is 0 Å². The summed E-state index contributed by atoms with van der Waals surface area (Å²) in [5, 5.41) is 18.1. The number of nitrogens with two attached hydrogens (primary N) is 1. The van der Waals surface area contributed by atoms with E-state index in [9.17, 15) is 5.26 Å². The molecule has 1 aromatic carbocycles. The Hall–Kier alpha value is -2.97. The van der Waals surface area contributed by atoms with Crippen LogP contribution in [-0.4, -0.2) is 24.6 Å². The SMILES string of the molecule is CC[C@@](I)(Nc1ncnc(N)c1C#N)c1cc2ncc(Cl)n2nc1-c1ccccc1. The topological polar surface area (TPSA) is 118 Å². The van der Waals surface area contributed by atoms with Crippen molar-refractivity contribution in [1.82, 2.24) is 24.6 Å². The van der Waals surface area contributed by atoms with Gasteiger partial charge < -0.3 is 11.1 Å². The molecule has 8 nitrogen and oxygen atoms in total. The summed E-state index contributed by atoms with van der Waals surface area (Å²) >= 11 is 8.59. The number of nitriles is 1. The highest BCUT2D eigenvalue weighted by Crippen LogP contribution is 2.42. The van der Waals surface area contributed by atoms with Crippen LogP contribution in [0, 0.1) is 11.3 Å². The molecule has 30 heavy (non-hydrogen) atoms. The van der Waals surface area contributed by atoms with Crippen LogP contribution < -0.4 is 11.1 Å². The number of aromatic nitrogens is 5. The molecule has 150 valence electrons. The molecule has 3 N–H and O–H groups in total. The third-order valence-corrected chi connectivity index (χ3v) is 6.59. The van der Waals surface area contributed by atoms with Crippen molar-refractivity contribution in [3.05, 3.63) is 65.2 Å². The molecule has 3 heterocycles. The van der Waals surface area contributed by atoms with Crippen LogP contribution in [0.3, 0.4) is 0 Å². The Morgan fingerprint density at radius 2 is 2.03 bits per heavy atom. The van der Waals surface area contributed by atoms with Crippen LogP contribution >= 0.6 is 34.2 Å². The first-order chi connectivity index (χ1) is 14.5. The number of hydrogen-bond donors (Lipinski definition) is 2. The van der Waals surface area contributed by atoms with Gasteiger partial charge >= 0.3 is 0 Å². The van der Waals surface area contributed by atoms with Crippen LogP contribution in [0.1, 0.15) is 24.5 Å². The number of nitrogen functional groups attached to an aromatic ring is 1. The van der Waals surface area contributed by atoms with Crippen molar-refractivity contribution in [2.24, 2.45) is 0 Å². The summed E-state index contributed by atoms with van der Waals surface area (Å²) in [7, 11) is 0. The van der Waals surface area contributed by atoms with Crippen LogP contribution in [0.2, 0.25) is 5.15 Å². The summed E-state index contributed by atoms with van der Waals surface area (Å²) in [5.41, 5.74) is 9.25. The normalized spacial score (nSPS) is 13.0. The average Bonchev–Trinajstić information content (AvgIpc) is 3.13. The first kappa shape index (κ1) is 20.3. The second-order valence-corrected chi connectivity index (χ2v) is 8.73. The molecule has 0 amide bonds. The minimum Gasteiger partial charge on any atom is -0.382 e. The van der Waals surface area contributed by atoms with E-state index in [0.29, 0.717) is 23.0 Å². The van der Waals surface area contributed by atoms with Gasteiger partial charge in [0.2, 0.25) is 0 Å². The number of nitrogens with zero attached hydrogens (tertiary/aromatic N) is 6. The van der Waals surface area contributed by atoms with Crippen LogP contribution in [0.25, 0.3) is 16.9 Å². The van der Waals surface area contributed by atoms with E-state index in [1.54, 1.807) is 10.7 Å². The first-order valence-corrected chi connectivity index (χ1v) is 10.5. The maximum Gasteiger partial charge on any atom is 0.155 e. The van der Waals surface area contributed by atoms with E-state index in [1.807, 2.05) is 43.3 Å². The van der Waals surface area contributed by atoms with Crippen LogP contribution in [0.15, 0.2) is 48.9 Å². The molecule has 0 unspecified atom stereocenters. The fraction of sp³-hybridized carbons (Fsp3) is 0.150. The Balaban J connectivity index is 1.94. The lowest BCUT2D eigenvalue weighted by Gasteiger charge is -2.30. The van der Waals surface area contributed by atoms with Crippen molar-refractivity contribution in [2.45, 2.75) is 16.9 Å². The number of halogens is 2. The molecule has 0 radical (unpaired) electrons. The van der Waals surface area contributed by atoms with E-state index in [4.69, 9.17) is 22.4 Å². The Kier molecular flexibility index (Phi) is 5.44. The van der Waals surface area contributed by atoms with E-state index in [1.165, 1.54) is 6.33 Å². The van der Waals surface area contributed by atoms with Crippen molar-refractivity contribution in [2.75, 3.05) is 11.1 Å². The summed E-state index contributed by atoms with van der Waals surface area (Å²) in [4.78, 5) is 12.5. The molecule has 0 aliphatic carbocycles. The van der Waals surface area contributed by atoms with Gasteiger partial charge in [0.1, 0.15) is 27.3 Å². The fourth-order valence-corrected chi connectivity index (χ4v) is 3.98. The molecule has 0 saturated carbocycles. The molecule has 1 atom stereocenters. The molecule has 0 saturated heterocycles. The molecule has 0 fully saturated rings. The largest absolute Gasteiger partial charge is 0.382 e. The highest BCUT2D eigenvalue weighted by atomic mass is 127. The first-order valence-electron chi connectivity index (χ1n) is 9.04. The van der Waals surface area contributed by atoms with Crippen LogP contribution in [-0.2, 0) is 3.55 Å². The van der Waals surface area contributed by atoms with Gasteiger partial charge in [-0.2, -0.15) is 10.4 Å². The Labute approximate surface area is 191 Å². The molecule has 0 bridgehead atoms. The molecule has 3 aromatic heterocycles. The monoisotopic (exact) mass is 530 g/mol. The predicted molar refractivity (Wildman–Crippen MR) is 124 cm³/mol. The van der Waals surface area contributed by atoms with Crippen molar-refractivity contribution >= 4 is 51.5 Å². The third kappa shape index (κ3) is 3.53. The van der Waals surface area contributed by atoms with Gasteiger partial charge in [-0.3, -0.25) is 0 Å². The van der Waals surface area contributed by atoms with Crippen molar-refractivity contribution in [3.63, 3.8) is 0 Å². The predicted octanol–water partition coefficient (Wildman–Crippen LogP) is 4.40. The van der Waals surface area contributed by atoms with E-state index in [2.05, 4.69) is 48.9 Å². The summed E-state index contributed by atoms with van der Waals surface area (Å²) in [6.07, 6.45) is 3.56. The number of rotatable bonds is 5. The molecule has 4 rings (SSSR count). The second kappa shape index (κ2) is 8.04. The lowest BCUT2D eigenvalue weighted by Crippen LogP contribution is -2.30. The quantitative estimate of drug-likeness (QED) is 0.223. The summed E-state index contributed by atoms with van der Waals surface area (Å²) in [5.74, 6) is 0.489. The van der Waals surface area contributed by atoms with Gasteiger partial charge in [-0.15, -0.1) is 0 Å². The third-order valence-electron chi connectivity index (χ3n) is 4.72. The van der Waals surface area contributed by atoms with E-state index in [-0.39, 0.29) is 11.4 Å². The maximum atomic E-state index is 9.52. The minimum absolute atomic E-state index is 0.127. The number of fused-ring (bicyclic) bond motifs is 1. The number of nitrogens with one attached hydrogen (secondary N) is 1. The average molecular weight is 531 g/mol. The molecular weight excluding hydrogens is 515 g/mol. The second-order valence-electron chi connectivity index (χ2n) is 6.50. The van der Waals surface area contributed by atoms with Crippen LogP contribution in [0.4, 0.5) is 11.6 Å². The fourth-order valence-electron chi connectivity index (χ4n) is 3.14. The smallest absolute Gasteiger partial charge is 0.155 e. The zero-order chi connectivity index (χ0) is 21.3. The highest BCUT2D eigenvalue weighted by molar-refractivity contribution is 14.1. The number of anilines is 2. The summed E-state index contributed by atoms with van der Waals surface area (Å²) < 4.78 is 0.937. The molecule has 0 aliphatic rings. The highest BCUT2D eigenvalue weighted by Gasteiger charge is 2.33. The van der Waals surface area contributed by atoms with Gasteiger partial charge in [-0.1, -0.05) is 48.9 Å². The van der Waals surface area contributed by atoms with Crippen molar-refractivity contribution in [3.8, 4) is 17.3 Å². The Bertz CT molecular complexity index is 1270. The van der Waals surface area contributed by atoms with Crippen molar-refractivity contribution in [1.29, 1.82) is 5.26 Å². The van der Waals surface area contributed by atoms with Gasteiger partial charge in [-0.05, 0) is 35.1 Å². The Morgan fingerprint density at radius 1 is 1.27 bits per heavy atom. The Morgan fingerprint density at radius 3 is 2.73 bits per heavy atom. The molecule has 0 spiro atoms. The number of imidazole rings is 1. The molecular formula is C20H16ClIN8. The lowest BCUT2D eigenvalue weighted by molar-refractivity contribution is 0.704. The number of alkyl halides is 1. The van der Waals surface area contributed by atoms with Gasteiger partial charge in [0.05, 0.1) is 11.9 Å². The number of benzene rings is 1. The molecule has 4 aromatic rings. The van der Waals surface area contributed by atoms with Gasteiger partial charge in [0.15, 0.2) is 16.6 Å². The van der Waals surface area contributed by atoms with Gasteiger partial charge in [0.25, 0.3) is 0 Å². The molecule has 10 heteroatoms. The van der Waals surface area contributed by atoms with Crippen molar-refractivity contribution < 1.29 is 0 Å². The maximum absolute atomic E-state index is 9.52. The van der Waals surface area contributed by atoms with Gasteiger partial charge in [-0.25, -0.2) is 19.5 Å². The zero-order valence-electron chi connectivity index (χ0n) is 15.8. The summed E-state index contributed by atoms with van der Waals surface area (Å²) in [6.45, 7) is 2.04. The molecule has 0 aliphatic heterocycles. The van der Waals surface area contributed by atoms with E-state index in [0.717, 1.165) is 16.8 Å². The van der Waals surface area contributed by atoms with Gasteiger partial charge in [0, 0.05) is 11.1 Å². The minimum atomic E-state index is -0.664. The van der Waals surface area contributed by atoms with E-state index >= 15 is 0 Å². The standard InChI is InChI=1S/C20H16ClIN8/c1-2-20(22,28-19-13(9-23)18(24)26-11-27-19)14-8-16-25-10-15(21)30(16)29-17(14)12-6-4-3-5-7-12/h3-8,10-11H,2H2,1H3,(H3,24,26,27,28)/t20-/m1/s1. The summed E-state index contributed by atoms with van der Waals surface area (Å²) in [6, 6.07) is 13.8. The van der Waals surface area contributed by atoms with E-state index < -0.39 is 3.55 Å².